The van der Waals surface area contributed by atoms with Gasteiger partial charge in [-0.05, 0) is 18.9 Å². The van der Waals surface area contributed by atoms with Gasteiger partial charge in [0.25, 0.3) is 0 Å². The average Bonchev–Trinajstić information content (AvgIpc) is 3.17. The number of anilines is 1. The van der Waals surface area contributed by atoms with Gasteiger partial charge in [-0.25, -0.2) is 4.98 Å². The third-order valence-electron chi connectivity index (χ3n) is 4.60. The Bertz CT molecular complexity index is 944. The molecule has 1 amide bonds. The number of carbonyl (C=O) groups excluding carboxylic acids is 1. The lowest BCUT2D eigenvalue weighted by Crippen LogP contribution is -2.38. The molecule has 3 heterocycles. The van der Waals surface area contributed by atoms with Crippen molar-refractivity contribution in [1.82, 2.24) is 20.2 Å². The Morgan fingerprint density at radius 2 is 2.14 bits per heavy atom. The predicted octanol–water partition coefficient (Wildman–Crippen LogP) is 4.27. The summed E-state index contributed by atoms with van der Waals surface area (Å²) in [6.45, 7) is 5.98. The third kappa shape index (κ3) is 4.61. The van der Waals surface area contributed by atoms with Crippen molar-refractivity contribution in [3.63, 3.8) is 0 Å². The van der Waals surface area contributed by atoms with Crippen LogP contribution in [0.25, 0.3) is 5.57 Å². The molecule has 152 valence electrons. The summed E-state index contributed by atoms with van der Waals surface area (Å²) in [5.74, 6) is 0.0638. The summed E-state index contributed by atoms with van der Waals surface area (Å²) in [6.07, 6.45) is 5.24. The molecule has 1 N–H and O–H groups in total. The summed E-state index contributed by atoms with van der Waals surface area (Å²) in [6, 6.07) is 1.78. The minimum Gasteiger partial charge on any atom is -0.295 e. The van der Waals surface area contributed by atoms with E-state index in [1.807, 2.05) is 25.2 Å². The van der Waals surface area contributed by atoms with Gasteiger partial charge in [0, 0.05) is 31.1 Å². The molecular weight excluding hydrogens is 383 g/mol. The summed E-state index contributed by atoms with van der Waals surface area (Å²) in [4.78, 5) is 21.5. The van der Waals surface area contributed by atoms with Gasteiger partial charge in [0.1, 0.15) is 0 Å². The number of piperidine rings is 1. The van der Waals surface area contributed by atoms with Crippen molar-refractivity contribution < 1.29 is 18.0 Å². The van der Waals surface area contributed by atoms with E-state index in [2.05, 4.69) is 26.7 Å². The van der Waals surface area contributed by atoms with E-state index >= 15 is 0 Å². The summed E-state index contributed by atoms with van der Waals surface area (Å²) in [7, 11) is 0. The summed E-state index contributed by atoms with van der Waals surface area (Å²) < 4.78 is 37.9. The maximum atomic E-state index is 12.6. The highest BCUT2D eigenvalue weighted by atomic mass is 19.4. The maximum absolute atomic E-state index is 12.6. The first-order valence-corrected chi connectivity index (χ1v) is 9.04. The highest BCUT2D eigenvalue weighted by Crippen LogP contribution is 2.32. The van der Waals surface area contributed by atoms with E-state index in [-0.39, 0.29) is 18.2 Å². The Balaban J connectivity index is 1.72. The van der Waals surface area contributed by atoms with E-state index in [4.69, 9.17) is 0 Å². The van der Waals surface area contributed by atoms with Crippen LogP contribution in [0.15, 0.2) is 49.3 Å². The van der Waals surface area contributed by atoms with Gasteiger partial charge in [0.2, 0.25) is 5.91 Å². The Hall–Kier alpha value is -3.23. The Labute approximate surface area is 165 Å². The highest BCUT2D eigenvalue weighted by Gasteiger charge is 2.34. The molecule has 1 atom stereocenters. The number of aromatic amines is 1. The van der Waals surface area contributed by atoms with Crippen molar-refractivity contribution in [2.24, 2.45) is 0 Å². The molecule has 1 unspecified atom stereocenters. The molecular formula is C20H20F3N5O. The zero-order chi connectivity index (χ0) is 21.0. The zero-order valence-electron chi connectivity index (χ0n) is 15.8. The van der Waals surface area contributed by atoms with Crippen LogP contribution in [0, 0.1) is 0 Å². The standard InChI is InChI=1S/C20H20F3N5O/c1-3-5-13(6-4-2)15-10-18(27-26-15)28-8-7-14(9-19(28)29)16-11-25-17(12-24-16)20(21,22)23/h3-6,10-12,14H,1,7-9H2,2H3,(H,26,27)/b6-4-,13-5+. The lowest BCUT2D eigenvalue weighted by atomic mass is 9.93. The van der Waals surface area contributed by atoms with Crippen LogP contribution in [0.5, 0.6) is 0 Å². The predicted molar refractivity (Wildman–Crippen MR) is 103 cm³/mol. The molecule has 0 radical (unpaired) electrons. The van der Waals surface area contributed by atoms with Crippen LogP contribution in [-0.4, -0.2) is 32.6 Å². The number of alkyl halides is 3. The monoisotopic (exact) mass is 403 g/mol. The second-order valence-electron chi connectivity index (χ2n) is 6.56. The van der Waals surface area contributed by atoms with E-state index in [1.54, 1.807) is 17.0 Å². The van der Waals surface area contributed by atoms with Crippen LogP contribution in [0.2, 0.25) is 0 Å². The number of allylic oxidation sites excluding steroid dienone is 5. The first kappa shape index (κ1) is 20.5. The molecule has 2 aromatic heterocycles. The lowest BCUT2D eigenvalue weighted by molar-refractivity contribution is -0.141. The van der Waals surface area contributed by atoms with Crippen LogP contribution in [0.4, 0.5) is 19.0 Å². The number of hydrogen-bond acceptors (Lipinski definition) is 4. The van der Waals surface area contributed by atoms with Crippen molar-refractivity contribution >= 4 is 17.3 Å². The number of rotatable bonds is 5. The van der Waals surface area contributed by atoms with Crippen molar-refractivity contribution in [3.8, 4) is 0 Å². The van der Waals surface area contributed by atoms with Crippen LogP contribution < -0.4 is 4.90 Å². The SMILES string of the molecule is C=C/C=C(\C=C/C)c1cc(N2CCC(c3cnc(C(F)(F)F)cn3)CC2=O)n[nH]1. The first-order chi connectivity index (χ1) is 13.8. The van der Waals surface area contributed by atoms with Gasteiger partial charge in [0.05, 0.1) is 17.6 Å². The number of H-pyrrole nitrogens is 1. The topological polar surface area (TPSA) is 74.8 Å². The molecule has 9 heteroatoms. The van der Waals surface area contributed by atoms with Gasteiger partial charge >= 0.3 is 6.18 Å². The molecule has 6 nitrogen and oxygen atoms in total. The van der Waals surface area contributed by atoms with Crippen LogP contribution in [-0.2, 0) is 11.0 Å². The first-order valence-electron chi connectivity index (χ1n) is 9.04. The van der Waals surface area contributed by atoms with Gasteiger partial charge in [-0.15, -0.1) is 0 Å². The lowest BCUT2D eigenvalue weighted by Gasteiger charge is -2.29. The minimum absolute atomic E-state index is 0.131. The number of aromatic nitrogens is 4. The largest absolute Gasteiger partial charge is 0.434 e. The van der Waals surface area contributed by atoms with E-state index in [0.29, 0.717) is 30.7 Å². The second-order valence-corrected chi connectivity index (χ2v) is 6.56. The Kier molecular flexibility index (Phi) is 5.95. The zero-order valence-corrected chi connectivity index (χ0v) is 15.8. The fourth-order valence-corrected chi connectivity index (χ4v) is 3.16. The van der Waals surface area contributed by atoms with E-state index < -0.39 is 11.9 Å². The van der Waals surface area contributed by atoms with Gasteiger partial charge in [-0.3, -0.25) is 19.8 Å². The second kappa shape index (κ2) is 8.42. The molecule has 1 fully saturated rings. The molecule has 29 heavy (non-hydrogen) atoms. The smallest absolute Gasteiger partial charge is 0.295 e. The van der Waals surface area contributed by atoms with Gasteiger partial charge in [0.15, 0.2) is 11.5 Å². The highest BCUT2D eigenvalue weighted by molar-refractivity contribution is 5.94. The van der Waals surface area contributed by atoms with E-state index in [9.17, 15) is 18.0 Å². The van der Waals surface area contributed by atoms with Crippen molar-refractivity contribution in [2.45, 2.75) is 31.9 Å². The molecule has 1 saturated heterocycles. The number of nitrogens with zero attached hydrogens (tertiary/aromatic N) is 4. The molecule has 0 aromatic carbocycles. The fraction of sp³-hybridized carbons (Fsp3) is 0.300. The molecule has 1 aliphatic rings. The van der Waals surface area contributed by atoms with Crippen molar-refractivity contribution in [3.05, 3.63) is 66.4 Å². The third-order valence-corrected chi connectivity index (χ3v) is 4.60. The van der Waals surface area contributed by atoms with Crippen molar-refractivity contribution in [2.75, 3.05) is 11.4 Å². The maximum Gasteiger partial charge on any atom is 0.434 e. The molecule has 0 saturated carbocycles. The number of halogens is 3. The number of amides is 1. The fourth-order valence-electron chi connectivity index (χ4n) is 3.16. The van der Waals surface area contributed by atoms with Gasteiger partial charge < -0.3 is 0 Å². The summed E-state index contributed by atoms with van der Waals surface area (Å²) in [5.41, 5.74) is 0.974. The van der Waals surface area contributed by atoms with Gasteiger partial charge in [-0.1, -0.05) is 30.9 Å². The van der Waals surface area contributed by atoms with Gasteiger partial charge in [-0.2, -0.15) is 18.3 Å². The molecule has 1 aliphatic heterocycles. The Morgan fingerprint density at radius 3 is 2.72 bits per heavy atom. The normalized spacial score (nSPS) is 18.5. The molecule has 3 rings (SSSR count). The molecule has 0 aliphatic carbocycles. The summed E-state index contributed by atoms with van der Waals surface area (Å²) >= 11 is 0. The Morgan fingerprint density at radius 1 is 1.34 bits per heavy atom. The quantitative estimate of drug-likeness (QED) is 0.757. The molecule has 0 spiro atoms. The van der Waals surface area contributed by atoms with Crippen LogP contribution in [0.3, 0.4) is 0 Å². The van der Waals surface area contributed by atoms with Crippen molar-refractivity contribution in [1.29, 1.82) is 0 Å². The van der Waals surface area contributed by atoms with E-state index in [0.717, 1.165) is 17.5 Å². The molecule has 0 bridgehead atoms. The minimum atomic E-state index is -4.53. The van der Waals surface area contributed by atoms with E-state index in [1.165, 1.54) is 0 Å². The number of carbonyl (C=O) groups is 1. The van der Waals surface area contributed by atoms with Crippen LogP contribution >= 0.6 is 0 Å². The van der Waals surface area contributed by atoms with Crippen LogP contribution in [0.1, 0.15) is 42.8 Å². The summed E-state index contributed by atoms with van der Waals surface area (Å²) in [5, 5.41) is 7.15. The number of hydrogen-bond donors (Lipinski definition) is 1. The number of nitrogens with one attached hydrogen (secondary N) is 1. The molecule has 2 aromatic rings. The average molecular weight is 403 g/mol.